The van der Waals surface area contributed by atoms with Gasteiger partial charge in [-0.3, -0.25) is 0 Å². The molecule has 0 unspecified atom stereocenters. The molecule has 16 heavy (non-hydrogen) atoms. The first-order valence-corrected chi connectivity index (χ1v) is 5.27. The molecule has 82 valence electrons. The van der Waals surface area contributed by atoms with Crippen LogP contribution in [0.25, 0.3) is 11.1 Å². The lowest BCUT2D eigenvalue weighted by atomic mass is 9.99. The lowest BCUT2D eigenvalue weighted by Crippen LogP contribution is -1.89. The average molecular weight is 213 g/mol. The fourth-order valence-corrected chi connectivity index (χ4v) is 1.80. The molecular formula is C14H15NO. The minimum atomic E-state index is 0.0843. The van der Waals surface area contributed by atoms with E-state index >= 15 is 0 Å². The molecule has 0 aliphatic heterocycles. The highest BCUT2D eigenvalue weighted by molar-refractivity contribution is 5.69. The van der Waals surface area contributed by atoms with Crippen molar-refractivity contribution in [3.05, 3.63) is 53.6 Å². The van der Waals surface area contributed by atoms with E-state index in [9.17, 15) is 0 Å². The second kappa shape index (κ2) is 4.37. The Morgan fingerprint density at radius 2 is 1.75 bits per heavy atom. The van der Waals surface area contributed by atoms with Crippen LogP contribution in [0.2, 0.25) is 0 Å². The Hall–Kier alpha value is -1.80. The normalized spacial score (nSPS) is 10.4. The van der Waals surface area contributed by atoms with Crippen LogP contribution in [0.4, 0.5) is 5.69 Å². The predicted molar refractivity (Wildman–Crippen MR) is 67.0 cm³/mol. The summed E-state index contributed by atoms with van der Waals surface area (Å²) in [6.07, 6.45) is 0. The molecule has 2 aromatic rings. The lowest BCUT2D eigenvalue weighted by Gasteiger charge is -2.07. The average Bonchev–Trinajstić information content (AvgIpc) is 2.29. The molecule has 0 fully saturated rings. The molecule has 0 spiro atoms. The van der Waals surface area contributed by atoms with Crippen molar-refractivity contribution in [3.63, 3.8) is 0 Å². The summed E-state index contributed by atoms with van der Waals surface area (Å²) >= 11 is 0. The van der Waals surface area contributed by atoms with Crippen LogP contribution < -0.4 is 5.73 Å². The summed E-state index contributed by atoms with van der Waals surface area (Å²) in [6, 6.07) is 13.8. The number of aliphatic hydroxyl groups is 1. The Labute approximate surface area is 95.4 Å². The van der Waals surface area contributed by atoms with Crippen LogP contribution in [-0.2, 0) is 6.61 Å². The molecule has 2 rings (SSSR count). The number of benzene rings is 2. The predicted octanol–water partition coefficient (Wildman–Crippen LogP) is 2.74. The van der Waals surface area contributed by atoms with Crippen LogP contribution in [0.15, 0.2) is 42.5 Å². The van der Waals surface area contributed by atoms with Crippen molar-refractivity contribution < 1.29 is 5.11 Å². The minimum Gasteiger partial charge on any atom is -0.399 e. The fourth-order valence-electron chi connectivity index (χ4n) is 1.80. The molecular weight excluding hydrogens is 198 g/mol. The van der Waals surface area contributed by atoms with Gasteiger partial charge in [-0.15, -0.1) is 0 Å². The van der Waals surface area contributed by atoms with Crippen LogP contribution in [-0.4, -0.2) is 5.11 Å². The summed E-state index contributed by atoms with van der Waals surface area (Å²) < 4.78 is 0. The monoisotopic (exact) mass is 213 g/mol. The molecule has 0 saturated heterocycles. The molecule has 2 aromatic carbocycles. The van der Waals surface area contributed by atoms with Gasteiger partial charge in [-0.25, -0.2) is 0 Å². The van der Waals surface area contributed by atoms with Gasteiger partial charge in [0, 0.05) is 5.69 Å². The number of nitrogens with two attached hydrogens (primary N) is 1. The van der Waals surface area contributed by atoms with E-state index in [1.807, 2.05) is 49.4 Å². The number of hydrogen-bond acceptors (Lipinski definition) is 2. The van der Waals surface area contributed by atoms with E-state index in [-0.39, 0.29) is 6.61 Å². The first kappa shape index (κ1) is 10.7. The maximum atomic E-state index is 8.97. The highest BCUT2D eigenvalue weighted by atomic mass is 16.3. The second-order valence-electron chi connectivity index (χ2n) is 3.93. The highest BCUT2D eigenvalue weighted by Crippen LogP contribution is 2.25. The van der Waals surface area contributed by atoms with Crippen LogP contribution in [0, 0.1) is 6.92 Å². The zero-order valence-corrected chi connectivity index (χ0v) is 9.27. The van der Waals surface area contributed by atoms with Crippen LogP contribution in [0.1, 0.15) is 11.1 Å². The van der Waals surface area contributed by atoms with Gasteiger partial charge in [-0.05, 0) is 41.3 Å². The topological polar surface area (TPSA) is 46.2 Å². The van der Waals surface area contributed by atoms with Gasteiger partial charge in [0.05, 0.1) is 6.61 Å². The second-order valence-corrected chi connectivity index (χ2v) is 3.93. The summed E-state index contributed by atoms with van der Waals surface area (Å²) in [4.78, 5) is 0. The zero-order chi connectivity index (χ0) is 11.5. The molecule has 2 heteroatoms. The van der Waals surface area contributed by atoms with Crippen molar-refractivity contribution in [2.45, 2.75) is 13.5 Å². The molecule has 0 amide bonds. The van der Waals surface area contributed by atoms with Gasteiger partial charge < -0.3 is 10.8 Å². The lowest BCUT2D eigenvalue weighted by molar-refractivity contribution is 0.282. The molecule has 2 nitrogen and oxygen atoms in total. The Balaban J connectivity index is 2.42. The maximum Gasteiger partial charge on any atom is 0.0681 e. The van der Waals surface area contributed by atoms with Crippen LogP contribution in [0.3, 0.4) is 0 Å². The van der Waals surface area contributed by atoms with E-state index in [1.165, 1.54) is 5.56 Å². The van der Waals surface area contributed by atoms with E-state index < -0.39 is 0 Å². The van der Waals surface area contributed by atoms with Crippen molar-refractivity contribution in [1.29, 1.82) is 0 Å². The van der Waals surface area contributed by atoms with Gasteiger partial charge in [0.25, 0.3) is 0 Å². The first-order chi connectivity index (χ1) is 7.70. The van der Waals surface area contributed by atoms with Crippen LogP contribution >= 0.6 is 0 Å². The van der Waals surface area contributed by atoms with Gasteiger partial charge in [0.15, 0.2) is 0 Å². The molecule has 0 aromatic heterocycles. The van der Waals surface area contributed by atoms with Crippen molar-refractivity contribution in [1.82, 2.24) is 0 Å². The Kier molecular flexibility index (Phi) is 2.93. The maximum absolute atomic E-state index is 8.97. The van der Waals surface area contributed by atoms with E-state index in [4.69, 9.17) is 10.8 Å². The molecule has 0 heterocycles. The number of rotatable bonds is 2. The smallest absolute Gasteiger partial charge is 0.0681 e. The van der Waals surface area contributed by atoms with Gasteiger partial charge in [0.2, 0.25) is 0 Å². The van der Waals surface area contributed by atoms with Gasteiger partial charge in [0.1, 0.15) is 0 Å². The van der Waals surface area contributed by atoms with Gasteiger partial charge >= 0.3 is 0 Å². The van der Waals surface area contributed by atoms with Crippen molar-refractivity contribution in [2.75, 3.05) is 5.73 Å². The molecule has 0 saturated carbocycles. The third kappa shape index (κ3) is 2.07. The summed E-state index contributed by atoms with van der Waals surface area (Å²) in [5, 5.41) is 8.97. The van der Waals surface area contributed by atoms with E-state index in [0.29, 0.717) is 0 Å². The van der Waals surface area contributed by atoms with Gasteiger partial charge in [-0.2, -0.15) is 0 Å². The largest absolute Gasteiger partial charge is 0.399 e. The number of aliphatic hydroxyl groups excluding tert-OH is 1. The van der Waals surface area contributed by atoms with E-state index in [1.54, 1.807) is 0 Å². The SMILES string of the molecule is Cc1cc(N)ccc1-c1ccc(CO)cc1. The molecule has 0 atom stereocenters. The Bertz CT molecular complexity index is 489. The third-order valence-electron chi connectivity index (χ3n) is 2.70. The Morgan fingerprint density at radius 1 is 1.06 bits per heavy atom. The summed E-state index contributed by atoms with van der Waals surface area (Å²) in [6.45, 7) is 2.13. The van der Waals surface area contributed by atoms with Gasteiger partial charge in [-0.1, -0.05) is 30.3 Å². The standard InChI is InChI=1S/C14H15NO/c1-10-8-13(15)6-7-14(10)12-4-2-11(9-16)3-5-12/h2-8,16H,9,15H2,1H3. The fraction of sp³-hybridized carbons (Fsp3) is 0.143. The highest BCUT2D eigenvalue weighted by Gasteiger charge is 2.01. The summed E-state index contributed by atoms with van der Waals surface area (Å²) in [5.41, 5.74) is 10.9. The summed E-state index contributed by atoms with van der Waals surface area (Å²) in [5.74, 6) is 0. The van der Waals surface area contributed by atoms with E-state index in [0.717, 1.165) is 22.4 Å². The number of anilines is 1. The third-order valence-corrected chi connectivity index (χ3v) is 2.70. The Morgan fingerprint density at radius 3 is 2.31 bits per heavy atom. The quantitative estimate of drug-likeness (QED) is 0.753. The number of aryl methyl sites for hydroxylation is 1. The van der Waals surface area contributed by atoms with Crippen molar-refractivity contribution in [2.24, 2.45) is 0 Å². The zero-order valence-electron chi connectivity index (χ0n) is 9.27. The number of hydrogen-bond donors (Lipinski definition) is 2. The summed E-state index contributed by atoms with van der Waals surface area (Å²) in [7, 11) is 0. The molecule has 0 aliphatic carbocycles. The molecule has 0 bridgehead atoms. The minimum absolute atomic E-state index is 0.0843. The first-order valence-electron chi connectivity index (χ1n) is 5.27. The molecule has 0 aliphatic rings. The van der Waals surface area contributed by atoms with E-state index in [2.05, 4.69) is 0 Å². The van der Waals surface area contributed by atoms with Crippen LogP contribution in [0.5, 0.6) is 0 Å². The van der Waals surface area contributed by atoms with Crippen molar-refractivity contribution in [3.8, 4) is 11.1 Å². The number of nitrogen functional groups attached to an aromatic ring is 1. The van der Waals surface area contributed by atoms with Crippen molar-refractivity contribution >= 4 is 5.69 Å². The molecule has 3 N–H and O–H groups in total. The molecule has 0 radical (unpaired) electrons.